The van der Waals surface area contributed by atoms with Crippen LogP contribution in [0.2, 0.25) is 0 Å². The van der Waals surface area contributed by atoms with E-state index in [0.717, 1.165) is 4.88 Å². The summed E-state index contributed by atoms with van der Waals surface area (Å²) in [4.78, 5) is 29.9. The van der Waals surface area contributed by atoms with Crippen LogP contribution in [0.4, 0.5) is 0 Å². The number of methoxy groups -OCH3 is 1. The molecule has 3 aromatic heterocycles. The van der Waals surface area contributed by atoms with Gasteiger partial charge in [-0.2, -0.15) is 0 Å². The number of aryl methyl sites for hydroxylation is 1. The van der Waals surface area contributed by atoms with Crippen molar-refractivity contribution in [2.45, 2.75) is 39.2 Å². The molecule has 0 bridgehead atoms. The molecule has 0 spiro atoms. The highest BCUT2D eigenvalue weighted by atomic mass is 32.1. The Kier molecular flexibility index (Phi) is 5.15. The van der Waals surface area contributed by atoms with Crippen LogP contribution in [-0.2, 0) is 16.0 Å². The van der Waals surface area contributed by atoms with Gasteiger partial charge in [-0.15, -0.1) is 11.3 Å². The van der Waals surface area contributed by atoms with E-state index < -0.39 is 5.60 Å². The van der Waals surface area contributed by atoms with E-state index in [0.29, 0.717) is 45.5 Å². The number of esters is 1. The molecule has 7 heteroatoms. The first-order chi connectivity index (χ1) is 14.3. The van der Waals surface area contributed by atoms with Gasteiger partial charge in [0.25, 0.3) is 0 Å². The first kappa shape index (κ1) is 20.2. The summed E-state index contributed by atoms with van der Waals surface area (Å²) >= 11 is 1.53. The molecule has 0 aliphatic carbocycles. The van der Waals surface area contributed by atoms with Crippen molar-refractivity contribution in [2.24, 2.45) is 0 Å². The summed E-state index contributed by atoms with van der Waals surface area (Å²) in [5, 5.41) is 2.89. The van der Waals surface area contributed by atoms with E-state index >= 15 is 0 Å². The molecular formula is C23H23NO5S. The second-order valence-corrected chi connectivity index (χ2v) is 8.99. The van der Waals surface area contributed by atoms with E-state index in [9.17, 15) is 9.59 Å². The van der Waals surface area contributed by atoms with Gasteiger partial charge in [0.15, 0.2) is 5.58 Å². The van der Waals surface area contributed by atoms with Gasteiger partial charge in [0.2, 0.25) is 5.43 Å². The molecule has 6 nitrogen and oxygen atoms in total. The molecular weight excluding hydrogens is 402 g/mol. The smallest absolute Gasteiger partial charge is 0.306 e. The number of H-pyrrole nitrogens is 1. The number of aromatic amines is 1. The highest BCUT2D eigenvalue weighted by Crippen LogP contribution is 2.34. The van der Waals surface area contributed by atoms with Crippen molar-refractivity contribution < 1.29 is 18.7 Å². The summed E-state index contributed by atoms with van der Waals surface area (Å²) in [5.41, 5.74) is 1.69. The van der Waals surface area contributed by atoms with Crippen LogP contribution < -0.4 is 10.2 Å². The molecule has 0 fully saturated rings. The standard InChI is InChI=1S/C23H23NO5S/c1-23(2,3)29-18(25)10-8-15-22-19(20(24-15)17-6-5-11-30-17)21(26)14-12-13(27-4)7-9-16(14)28-22/h5-7,9,11-12,24H,8,10H2,1-4H3. The molecule has 156 valence electrons. The van der Waals surface area contributed by atoms with Crippen LogP contribution in [0.1, 0.15) is 32.9 Å². The zero-order valence-electron chi connectivity index (χ0n) is 17.3. The Morgan fingerprint density at radius 1 is 1.23 bits per heavy atom. The topological polar surface area (TPSA) is 81.5 Å². The second-order valence-electron chi connectivity index (χ2n) is 8.04. The maximum Gasteiger partial charge on any atom is 0.306 e. The van der Waals surface area contributed by atoms with Crippen molar-refractivity contribution in [3.05, 3.63) is 51.6 Å². The largest absolute Gasteiger partial charge is 0.497 e. The maximum atomic E-state index is 13.4. The SMILES string of the molecule is COc1ccc2oc3c(CCC(=O)OC(C)(C)C)[nH]c(-c4cccs4)c3c(=O)c2c1. The first-order valence-corrected chi connectivity index (χ1v) is 10.6. The van der Waals surface area contributed by atoms with Gasteiger partial charge >= 0.3 is 5.97 Å². The Morgan fingerprint density at radius 3 is 2.70 bits per heavy atom. The fraction of sp³-hybridized carbons (Fsp3) is 0.304. The van der Waals surface area contributed by atoms with Crippen molar-refractivity contribution in [3.63, 3.8) is 0 Å². The van der Waals surface area contributed by atoms with Crippen molar-refractivity contribution >= 4 is 39.2 Å². The van der Waals surface area contributed by atoms with Gasteiger partial charge in [0.1, 0.15) is 16.9 Å². The van der Waals surface area contributed by atoms with Crippen molar-refractivity contribution in [1.29, 1.82) is 0 Å². The van der Waals surface area contributed by atoms with Gasteiger partial charge in [0, 0.05) is 6.42 Å². The summed E-state index contributed by atoms with van der Waals surface area (Å²) in [7, 11) is 1.56. The van der Waals surface area contributed by atoms with Crippen molar-refractivity contribution in [2.75, 3.05) is 7.11 Å². The Morgan fingerprint density at radius 2 is 2.03 bits per heavy atom. The number of hydrogen-bond acceptors (Lipinski definition) is 6. The molecule has 4 aromatic rings. The molecule has 1 aromatic carbocycles. The van der Waals surface area contributed by atoms with Gasteiger partial charge in [-0.3, -0.25) is 9.59 Å². The molecule has 30 heavy (non-hydrogen) atoms. The minimum atomic E-state index is -0.543. The van der Waals surface area contributed by atoms with Gasteiger partial charge in [-0.05, 0) is 50.4 Å². The monoisotopic (exact) mass is 425 g/mol. The van der Waals surface area contributed by atoms with Crippen molar-refractivity contribution in [3.8, 4) is 16.3 Å². The highest BCUT2D eigenvalue weighted by Gasteiger charge is 2.22. The lowest BCUT2D eigenvalue weighted by Crippen LogP contribution is -2.24. The summed E-state index contributed by atoms with van der Waals surface area (Å²) in [6, 6.07) is 9.04. The summed E-state index contributed by atoms with van der Waals surface area (Å²) < 4.78 is 16.8. The lowest BCUT2D eigenvalue weighted by molar-refractivity contribution is -0.154. The highest BCUT2D eigenvalue weighted by molar-refractivity contribution is 7.13. The van der Waals surface area contributed by atoms with E-state index in [-0.39, 0.29) is 17.8 Å². The number of aromatic nitrogens is 1. The quantitative estimate of drug-likeness (QED) is 0.440. The van der Waals surface area contributed by atoms with Gasteiger partial charge in [0.05, 0.1) is 40.6 Å². The third-order valence-corrected chi connectivity index (χ3v) is 5.55. The summed E-state index contributed by atoms with van der Waals surface area (Å²) in [6.45, 7) is 5.51. The minimum absolute atomic E-state index is 0.131. The molecule has 0 aliphatic rings. The molecule has 0 saturated carbocycles. The fourth-order valence-corrected chi connectivity index (χ4v) is 4.14. The molecule has 0 amide bonds. The van der Waals surface area contributed by atoms with E-state index in [1.165, 1.54) is 11.3 Å². The fourth-order valence-electron chi connectivity index (χ4n) is 3.41. The predicted octanol–water partition coefficient (Wildman–Crippen LogP) is 5.29. The van der Waals surface area contributed by atoms with Crippen LogP contribution in [0.25, 0.3) is 32.5 Å². The average Bonchev–Trinajstić information content (AvgIpc) is 3.33. The van der Waals surface area contributed by atoms with E-state index in [4.69, 9.17) is 13.9 Å². The first-order valence-electron chi connectivity index (χ1n) is 9.68. The molecule has 0 radical (unpaired) electrons. The van der Waals surface area contributed by atoms with E-state index in [2.05, 4.69) is 4.98 Å². The molecule has 0 aliphatic heterocycles. The number of rotatable bonds is 5. The zero-order valence-corrected chi connectivity index (χ0v) is 18.1. The maximum absolute atomic E-state index is 13.4. The summed E-state index contributed by atoms with van der Waals surface area (Å²) in [5.74, 6) is 0.295. The third kappa shape index (κ3) is 3.85. The molecule has 0 saturated heterocycles. The minimum Gasteiger partial charge on any atom is -0.497 e. The Labute approximate surface area is 177 Å². The van der Waals surface area contributed by atoms with Crippen molar-refractivity contribution in [1.82, 2.24) is 4.98 Å². The number of carbonyl (C=O) groups excluding carboxylic acids is 1. The van der Waals surface area contributed by atoms with Crippen LogP contribution in [0.5, 0.6) is 5.75 Å². The normalized spacial score (nSPS) is 11.9. The van der Waals surface area contributed by atoms with Crippen LogP contribution in [0.3, 0.4) is 0 Å². The zero-order chi connectivity index (χ0) is 21.5. The number of nitrogens with one attached hydrogen (secondary N) is 1. The molecule has 0 unspecified atom stereocenters. The van der Waals surface area contributed by atoms with Crippen LogP contribution in [-0.4, -0.2) is 23.7 Å². The number of carbonyl (C=O) groups is 1. The lowest BCUT2D eigenvalue weighted by Gasteiger charge is -2.19. The second kappa shape index (κ2) is 7.65. The molecule has 3 heterocycles. The van der Waals surface area contributed by atoms with Crippen LogP contribution >= 0.6 is 11.3 Å². The number of benzene rings is 1. The molecule has 1 N–H and O–H groups in total. The summed E-state index contributed by atoms with van der Waals surface area (Å²) in [6.07, 6.45) is 0.558. The van der Waals surface area contributed by atoms with Crippen LogP contribution in [0.15, 0.2) is 44.9 Å². The lowest BCUT2D eigenvalue weighted by atomic mass is 10.1. The third-order valence-electron chi connectivity index (χ3n) is 4.66. The number of ether oxygens (including phenoxy) is 2. The number of hydrogen-bond donors (Lipinski definition) is 1. The Balaban J connectivity index is 1.85. The predicted molar refractivity (Wildman–Crippen MR) is 118 cm³/mol. The average molecular weight is 426 g/mol. The number of fused-ring (bicyclic) bond motifs is 2. The van der Waals surface area contributed by atoms with Gasteiger partial charge < -0.3 is 18.9 Å². The van der Waals surface area contributed by atoms with Gasteiger partial charge in [-0.25, -0.2) is 0 Å². The van der Waals surface area contributed by atoms with Crippen LogP contribution in [0, 0.1) is 0 Å². The Bertz CT molecular complexity index is 1280. The molecule has 4 rings (SSSR count). The molecule has 0 atom stereocenters. The van der Waals surface area contributed by atoms with E-state index in [1.807, 2.05) is 38.3 Å². The van der Waals surface area contributed by atoms with E-state index in [1.54, 1.807) is 25.3 Å². The number of thiophene rings is 1. The Hall–Kier alpha value is -3.06. The van der Waals surface area contributed by atoms with Gasteiger partial charge in [-0.1, -0.05) is 6.07 Å².